The molecule has 20 heavy (non-hydrogen) atoms. The van der Waals surface area contributed by atoms with E-state index in [2.05, 4.69) is 27.8 Å². The highest BCUT2D eigenvalue weighted by atomic mass is 79.9. The molecule has 0 fully saturated rings. The highest BCUT2D eigenvalue weighted by Gasteiger charge is 2.19. The van der Waals surface area contributed by atoms with Crippen molar-refractivity contribution in [2.75, 3.05) is 6.61 Å². The Morgan fingerprint density at radius 2 is 1.95 bits per heavy atom. The third-order valence-corrected chi connectivity index (χ3v) is 4.01. The molecule has 6 heteroatoms. The molecular formula is C14H16BrClO3S. The van der Waals surface area contributed by atoms with Crippen LogP contribution in [0.1, 0.15) is 26.3 Å². The van der Waals surface area contributed by atoms with E-state index in [1.165, 1.54) is 6.07 Å². The molecule has 0 saturated heterocycles. The molecule has 1 aromatic carbocycles. The van der Waals surface area contributed by atoms with Crippen LogP contribution in [0.5, 0.6) is 5.75 Å². The summed E-state index contributed by atoms with van der Waals surface area (Å²) in [6.07, 6.45) is 0. The maximum absolute atomic E-state index is 11.6. The van der Waals surface area contributed by atoms with Crippen LogP contribution in [0.15, 0.2) is 21.5 Å². The third kappa shape index (κ3) is 5.35. The molecule has 0 aliphatic carbocycles. The van der Waals surface area contributed by atoms with Crippen molar-refractivity contribution in [1.82, 2.24) is 0 Å². The van der Waals surface area contributed by atoms with Crippen molar-refractivity contribution in [1.29, 1.82) is 0 Å². The largest absolute Gasteiger partial charge is 0.479 e. The van der Waals surface area contributed by atoms with Crippen LogP contribution in [0.25, 0.3) is 0 Å². The maximum Gasteiger partial charge on any atom is 0.265 e. The van der Waals surface area contributed by atoms with Crippen LogP contribution < -0.4 is 4.74 Å². The van der Waals surface area contributed by atoms with Gasteiger partial charge in [0.25, 0.3) is 9.05 Å². The number of ether oxygens (including phenoxy) is 1. The SMILES string of the molecule is Cc1cc(Br)cc(S(=O)(=O)Cl)c1OCC#CC(C)(C)C. The smallest absolute Gasteiger partial charge is 0.265 e. The molecule has 0 aliphatic heterocycles. The van der Waals surface area contributed by atoms with Gasteiger partial charge in [0.1, 0.15) is 17.3 Å². The predicted octanol–water partition coefficient (Wildman–Crippen LogP) is 4.11. The topological polar surface area (TPSA) is 43.4 Å². The van der Waals surface area contributed by atoms with Gasteiger partial charge in [-0.3, -0.25) is 0 Å². The first-order valence-corrected chi connectivity index (χ1v) is 8.98. The van der Waals surface area contributed by atoms with E-state index in [0.717, 1.165) is 0 Å². The zero-order valence-electron chi connectivity index (χ0n) is 11.8. The summed E-state index contributed by atoms with van der Waals surface area (Å²) < 4.78 is 29.3. The molecule has 0 N–H and O–H groups in total. The molecule has 0 saturated carbocycles. The molecule has 1 aromatic rings. The zero-order valence-corrected chi connectivity index (χ0v) is 14.9. The van der Waals surface area contributed by atoms with Crippen molar-refractivity contribution in [2.24, 2.45) is 5.41 Å². The van der Waals surface area contributed by atoms with Gasteiger partial charge in [-0.1, -0.05) is 27.8 Å². The van der Waals surface area contributed by atoms with Crippen LogP contribution in [-0.4, -0.2) is 15.0 Å². The van der Waals surface area contributed by atoms with E-state index in [4.69, 9.17) is 15.4 Å². The van der Waals surface area contributed by atoms with E-state index in [1.807, 2.05) is 20.8 Å². The van der Waals surface area contributed by atoms with Gasteiger partial charge in [0.15, 0.2) is 0 Å². The first-order valence-electron chi connectivity index (χ1n) is 5.88. The van der Waals surface area contributed by atoms with Gasteiger partial charge in [-0.2, -0.15) is 0 Å². The predicted molar refractivity (Wildman–Crippen MR) is 84.6 cm³/mol. The fraction of sp³-hybridized carbons (Fsp3) is 0.429. The second-order valence-electron chi connectivity index (χ2n) is 5.33. The van der Waals surface area contributed by atoms with E-state index >= 15 is 0 Å². The number of hydrogen-bond acceptors (Lipinski definition) is 3. The minimum absolute atomic E-state index is 0.0522. The number of benzene rings is 1. The highest BCUT2D eigenvalue weighted by molar-refractivity contribution is 9.10. The summed E-state index contributed by atoms with van der Waals surface area (Å²) in [6, 6.07) is 3.18. The molecule has 0 radical (unpaired) electrons. The molecule has 0 heterocycles. The van der Waals surface area contributed by atoms with Crippen molar-refractivity contribution >= 4 is 35.7 Å². The van der Waals surface area contributed by atoms with E-state index in [-0.39, 0.29) is 22.7 Å². The summed E-state index contributed by atoms with van der Waals surface area (Å²) in [5, 5.41) is 0. The molecule has 0 unspecified atom stereocenters. The standard InChI is InChI=1S/C14H16BrClO3S/c1-10-8-11(15)9-12(20(16,17)18)13(10)19-7-5-6-14(2,3)4/h8-9H,7H2,1-4H3. The Morgan fingerprint density at radius 3 is 2.45 bits per heavy atom. The van der Waals surface area contributed by atoms with Crippen LogP contribution in [0.2, 0.25) is 0 Å². The monoisotopic (exact) mass is 378 g/mol. The maximum atomic E-state index is 11.6. The average molecular weight is 380 g/mol. The number of halogens is 2. The van der Waals surface area contributed by atoms with Crippen LogP contribution in [0.3, 0.4) is 0 Å². The van der Waals surface area contributed by atoms with E-state index in [0.29, 0.717) is 10.0 Å². The summed E-state index contributed by atoms with van der Waals surface area (Å²) in [7, 11) is 1.55. The zero-order chi connectivity index (χ0) is 15.6. The van der Waals surface area contributed by atoms with Gasteiger partial charge in [0.2, 0.25) is 0 Å². The molecule has 0 atom stereocenters. The summed E-state index contributed by atoms with van der Waals surface area (Å²) in [5.41, 5.74) is 0.552. The first kappa shape index (κ1) is 17.4. The lowest BCUT2D eigenvalue weighted by Crippen LogP contribution is -2.04. The minimum atomic E-state index is -3.87. The van der Waals surface area contributed by atoms with E-state index in [1.54, 1.807) is 13.0 Å². The van der Waals surface area contributed by atoms with Gasteiger partial charge in [-0.25, -0.2) is 8.42 Å². The van der Waals surface area contributed by atoms with Crippen LogP contribution in [0.4, 0.5) is 0 Å². The fourth-order valence-corrected chi connectivity index (χ4v) is 3.25. The Hall–Kier alpha value is -0.700. The first-order chi connectivity index (χ1) is 9.00. The van der Waals surface area contributed by atoms with Gasteiger partial charge in [0, 0.05) is 20.6 Å². The summed E-state index contributed by atoms with van der Waals surface area (Å²) in [4.78, 5) is -0.0522. The lowest BCUT2D eigenvalue weighted by molar-refractivity contribution is 0.356. The molecule has 0 spiro atoms. The second-order valence-corrected chi connectivity index (χ2v) is 8.78. The van der Waals surface area contributed by atoms with Gasteiger partial charge < -0.3 is 4.74 Å². The van der Waals surface area contributed by atoms with Gasteiger partial charge in [-0.15, -0.1) is 0 Å². The Balaban J connectivity index is 3.09. The van der Waals surface area contributed by atoms with Crippen molar-refractivity contribution in [3.05, 3.63) is 22.2 Å². The highest BCUT2D eigenvalue weighted by Crippen LogP contribution is 2.33. The lowest BCUT2D eigenvalue weighted by atomic mass is 9.98. The van der Waals surface area contributed by atoms with Crippen molar-refractivity contribution in [3.63, 3.8) is 0 Å². The lowest BCUT2D eigenvalue weighted by Gasteiger charge is -2.12. The summed E-state index contributed by atoms with van der Waals surface area (Å²) in [5.74, 6) is 6.13. The number of hydrogen-bond donors (Lipinski definition) is 0. The fourth-order valence-electron chi connectivity index (χ4n) is 1.47. The molecule has 1 rings (SSSR count). The van der Waals surface area contributed by atoms with Gasteiger partial charge >= 0.3 is 0 Å². The molecular weight excluding hydrogens is 364 g/mol. The molecule has 0 aromatic heterocycles. The Kier molecular flexibility index (Phi) is 5.54. The van der Waals surface area contributed by atoms with Gasteiger partial charge in [0.05, 0.1) is 0 Å². The van der Waals surface area contributed by atoms with Gasteiger partial charge in [-0.05, 0) is 45.4 Å². The molecule has 0 amide bonds. The number of rotatable bonds is 3. The minimum Gasteiger partial charge on any atom is -0.479 e. The Labute approximate surface area is 133 Å². The Bertz CT molecular complexity index is 664. The Morgan fingerprint density at radius 1 is 1.35 bits per heavy atom. The van der Waals surface area contributed by atoms with Crippen molar-refractivity contribution in [3.8, 4) is 17.6 Å². The summed E-state index contributed by atoms with van der Waals surface area (Å²) >= 11 is 3.24. The average Bonchev–Trinajstić information content (AvgIpc) is 2.23. The van der Waals surface area contributed by atoms with Crippen molar-refractivity contribution < 1.29 is 13.2 Å². The van der Waals surface area contributed by atoms with Crippen molar-refractivity contribution in [2.45, 2.75) is 32.6 Å². The molecule has 3 nitrogen and oxygen atoms in total. The molecule has 110 valence electrons. The van der Waals surface area contributed by atoms with E-state index < -0.39 is 9.05 Å². The van der Waals surface area contributed by atoms with E-state index in [9.17, 15) is 8.42 Å². The molecule has 0 bridgehead atoms. The quantitative estimate of drug-likeness (QED) is 0.586. The molecule has 0 aliphatic rings. The summed E-state index contributed by atoms with van der Waals surface area (Å²) in [6.45, 7) is 7.82. The second kappa shape index (κ2) is 6.38. The van der Waals surface area contributed by atoms with Crippen LogP contribution in [-0.2, 0) is 9.05 Å². The number of aryl methyl sites for hydroxylation is 1. The normalized spacial score (nSPS) is 11.7. The van der Waals surface area contributed by atoms with Crippen LogP contribution >= 0.6 is 26.6 Å². The third-order valence-electron chi connectivity index (χ3n) is 2.22. The van der Waals surface area contributed by atoms with Crippen LogP contribution in [0, 0.1) is 24.2 Å².